The Bertz CT molecular complexity index is 1530. The molecule has 1 aromatic heterocycles. The number of benzene rings is 2. The Morgan fingerprint density at radius 3 is 2.63 bits per heavy atom. The van der Waals surface area contributed by atoms with Gasteiger partial charge in [0.2, 0.25) is 5.82 Å². The molecule has 2 N–H and O–H groups in total. The molecule has 1 saturated heterocycles. The minimum atomic E-state index is -1.07. The van der Waals surface area contributed by atoms with Crippen LogP contribution in [-0.4, -0.2) is 114 Å². The van der Waals surface area contributed by atoms with Gasteiger partial charge in [0.05, 0.1) is 51.8 Å². The number of nitrogens with zero attached hydrogens (tertiary/aromatic N) is 6. The Morgan fingerprint density at radius 2 is 1.90 bits per heavy atom. The largest absolute Gasteiger partial charge is 0.497 e. The molecule has 2 aromatic carbocycles. The number of unbranched alkanes of at least 4 members (excludes halogenated alkanes) is 3. The molecule has 0 aliphatic carbocycles. The van der Waals surface area contributed by atoms with Crippen LogP contribution in [0.5, 0.6) is 11.5 Å². The number of fused-ring (bicyclic) bond motifs is 1. The standard InChI is InChI=1S/C35H49N7O10/c1-47-16-7-14-40-15-19-49-32-13-8-25(20-30(32)40)24-51-33-23-41(35(44)50-17-5-3-4-6-18-52-42(45)46)27(22-31(43)34-36-38-39-37-34)21-29(33)26-9-11-28(48-2)12-10-26/h8-13,20,27,29,31,33,43H,3-7,14-19,21-24H2,1-2H3,(H,36,37,38,39). The fourth-order valence-corrected chi connectivity index (χ4v) is 6.72. The molecule has 2 aliphatic heterocycles. The van der Waals surface area contributed by atoms with Gasteiger partial charge in [0.25, 0.3) is 5.09 Å². The Balaban J connectivity index is 1.32. The van der Waals surface area contributed by atoms with Crippen LogP contribution in [0.3, 0.4) is 0 Å². The van der Waals surface area contributed by atoms with Crippen molar-refractivity contribution in [2.75, 3.05) is 65.2 Å². The van der Waals surface area contributed by atoms with Gasteiger partial charge >= 0.3 is 6.09 Å². The fourth-order valence-electron chi connectivity index (χ4n) is 6.72. The van der Waals surface area contributed by atoms with Crippen LogP contribution in [0.4, 0.5) is 10.5 Å². The molecule has 1 amide bonds. The predicted molar refractivity (Wildman–Crippen MR) is 187 cm³/mol. The summed E-state index contributed by atoms with van der Waals surface area (Å²) in [6, 6.07) is 13.5. The van der Waals surface area contributed by atoms with Gasteiger partial charge in [0.15, 0.2) is 0 Å². The van der Waals surface area contributed by atoms with Gasteiger partial charge in [0, 0.05) is 38.6 Å². The second-order valence-corrected chi connectivity index (χ2v) is 12.9. The number of rotatable bonds is 20. The number of anilines is 1. The number of nitrogens with one attached hydrogen (secondary N) is 1. The van der Waals surface area contributed by atoms with Gasteiger partial charge in [-0.1, -0.05) is 29.8 Å². The normalized spacial score (nSPS) is 19.0. The number of aliphatic hydroxyl groups excluding tert-OH is 1. The number of tetrazole rings is 1. The van der Waals surface area contributed by atoms with Crippen molar-refractivity contribution in [2.45, 2.75) is 75.7 Å². The lowest BCUT2D eigenvalue weighted by Crippen LogP contribution is -2.53. The van der Waals surface area contributed by atoms with Crippen LogP contribution in [-0.2, 0) is 25.7 Å². The number of H-pyrrole nitrogens is 1. The molecule has 0 saturated carbocycles. The summed E-state index contributed by atoms with van der Waals surface area (Å²) >= 11 is 0. The molecule has 1 fully saturated rings. The van der Waals surface area contributed by atoms with Crippen molar-refractivity contribution < 1.29 is 43.5 Å². The van der Waals surface area contributed by atoms with Crippen molar-refractivity contribution in [3.8, 4) is 11.5 Å². The van der Waals surface area contributed by atoms with Crippen molar-refractivity contribution in [1.29, 1.82) is 0 Å². The minimum Gasteiger partial charge on any atom is -0.497 e. The highest BCUT2D eigenvalue weighted by atomic mass is 16.9. The molecule has 17 heteroatoms. The highest BCUT2D eigenvalue weighted by Gasteiger charge is 2.41. The summed E-state index contributed by atoms with van der Waals surface area (Å²) in [5.41, 5.74) is 3.01. The van der Waals surface area contributed by atoms with E-state index in [1.54, 1.807) is 19.1 Å². The lowest BCUT2D eigenvalue weighted by molar-refractivity contribution is -0.757. The molecule has 3 heterocycles. The molecule has 5 rings (SSSR count). The molecule has 0 bridgehead atoms. The molecule has 52 heavy (non-hydrogen) atoms. The number of hydrogen-bond acceptors (Lipinski definition) is 14. The van der Waals surface area contributed by atoms with Crippen molar-refractivity contribution in [1.82, 2.24) is 25.5 Å². The number of aromatic amines is 1. The topological polar surface area (TPSA) is 197 Å². The highest BCUT2D eigenvalue weighted by molar-refractivity contribution is 5.68. The lowest BCUT2D eigenvalue weighted by atomic mass is 9.81. The second kappa shape index (κ2) is 19.8. The molecule has 4 unspecified atom stereocenters. The van der Waals surface area contributed by atoms with E-state index < -0.39 is 29.4 Å². The van der Waals surface area contributed by atoms with Gasteiger partial charge in [-0.15, -0.1) is 20.3 Å². The first-order valence-electron chi connectivity index (χ1n) is 17.7. The predicted octanol–water partition coefficient (Wildman–Crippen LogP) is 4.22. The van der Waals surface area contributed by atoms with Crippen LogP contribution in [0.15, 0.2) is 42.5 Å². The average Bonchev–Trinajstić information content (AvgIpc) is 3.71. The Hall–Kier alpha value is -4.74. The number of piperidine rings is 1. The van der Waals surface area contributed by atoms with Gasteiger partial charge < -0.3 is 43.4 Å². The van der Waals surface area contributed by atoms with Crippen LogP contribution in [0.2, 0.25) is 0 Å². The number of carbonyl (C=O) groups excluding carboxylic acids is 1. The van der Waals surface area contributed by atoms with E-state index in [1.165, 1.54) is 0 Å². The summed E-state index contributed by atoms with van der Waals surface area (Å²) in [6.45, 7) is 3.66. The van der Waals surface area contributed by atoms with E-state index in [9.17, 15) is 20.0 Å². The Morgan fingerprint density at radius 1 is 1.10 bits per heavy atom. The maximum absolute atomic E-state index is 13.7. The molecule has 284 valence electrons. The Labute approximate surface area is 302 Å². The number of hydrogen-bond donors (Lipinski definition) is 2. The summed E-state index contributed by atoms with van der Waals surface area (Å²) in [5, 5.41) is 34.5. The zero-order chi connectivity index (χ0) is 36.7. The number of amides is 1. The third-order valence-corrected chi connectivity index (χ3v) is 9.41. The van der Waals surface area contributed by atoms with Crippen LogP contribution < -0.4 is 14.4 Å². The van der Waals surface area contributed by atoms with Crippen LogP contribution in [0.25, 0.3) is 0 Å². The first-order valence-corrected chi connectivity index (χ1v) is 17.7. The van der Waals surface area contributed by atoms with Gasteiger partial charge in [-0.05, 0) is 67.5 Å². The summed E-state index contributed by atoms with van der Waals surface area (Å²) in [4.78, 5) is 32.4. The van der Waals surface area contributed by atoms with Crippen LogP contribution in [0.1, 0.15) is 73.9 Å². The fraction of sp³-hybridized carbons (Fsp3) is 0.600. The first kappa shape index (κ1) is 38.5. The highest BCUT2D eigenvalue weighted by Crippen LogP contribution is 2.39. The maximum Gasteiger partial charge on any atom is 0.410 e. The molecule has 2 aliphatic rings. The van der Waals surface area contributed by atoms with E-state index in [2.05, 4.69) is 36.4 Å². The number of ether oxygens (including phenoxy) is 5. The van der Waals surface area contributed by atoms with E-state index in [0.717, 1.165) is 54.2 Å². The van der Waals surface area contributed by atoms with E-state index in [0.29, 0.717) is 45.5 Å². The van der Waals surface area contributed by atoms with Crippen LogP contribution in [0, 0.1) is 10.1 Å². The van der Waals surface area contributed by atoms with E-state index >= 15 is 0 Å². The minimum absolute atomic E-state index is 0.0353. The molecule has 0 radical (unpaired) electrons. The zero-order valence-electron chi connectivity index (χ0n) is 29.8. The molecule has 0 spiro atoms. The molecular weight excluding hydrogens is 678 g/mol. The van der Waals surface area contributed by atoms with E-state index in [-0.39, 0.29) is 37.9 Å². The molecule has 3 aromatic rings. The molecular formula is C35H49N7O10. The van der Waals surface area contributed by atoms with Gasteiger partial charge in [-0.3, -0.25) is 0 Å². The number of likely N-dealkylation sites (tertiary alicyclic amines) is 1. The first-order chi connectivity index (χ1) is 25.4. The average molecular weight is 728 g/mol. The number of aliphatic hydroxyl groups is 1. The van der Waals surface area contributed by atoms with E-state index in [4.69, 9.17) is 23.7 Å². The molecule has 4 atom stereocenters. The van der Waals surface area contributed by atoms with Gasteiger partial charge in [-0.2, -0.15) is 5.21 Å². The summed E-state index contributed by atoms with van der Waals surface area (Å²) < 4.78 is 29.1. The lowest BCUT2D eigenvalue weighted by Gasteiger charge is -2.44. The van der Waals surface area contributed by atoms with Crippen molar-refractivity contribution in [2.24, 2.45) is 0 Å². The summed E-state index contributed by atoms with van der Waals surface area (Å²) in [7, 11) is 3.32. The number of carbonyl (C=O) groups is 1. The van der Waals surface area contributed by atoms with Crippen LogP contribution >= 0.6 is 0 Å². The van der Waals surface area contributed by atoms with Crippen molar-refractivity contribution in [3.63, 3.8) is 0 Å². The zero-order valence-corrected chi connectivity index (χ0v) is 29.8. The van der Waals surface area contributed by atoms with E-state index in [1.807, 2.05) is 36.4 Å². The number of aromatic nitrogens is 4. The monoisotopic (exact) mass is 727 g/mol. The summed E-state index contributed by atoms with van der Waals surface area (Å²) in [6.07, 6.45) is 2.08. The SMILES string of the molecule is COCCCN1CCOc2ccc(COC3CN(C(=O)OCCCCCCO[N+](=O)[O-])C(CC(O)c4nn[nH]n4)CC3c3ccc(OC)cc3)cc21. The third-order valence-electron chi connectivity index (χ3n) is 9.41. The van der Waals surface area contributed by atoms with Gasteiger partial charge in [0.1, 0.15) is 24.2 Å². The third kappa shape index (κ3) is 10.9. The van der Waals surface area contributed by atoms with Gasteiger partial charge in [-0.25, -0.2) is 4.79 Å². The number of methoxy groups -OCH3 is 2. The Kier molecular flexibility index (Phi) is 14.6. The smallest absolute Gasteiger partial charge is 0.410 e. The maximum atomic E-state index is 13.7. The van der Waals surface area contributed by atoms with Crippen molar-refractivity contribution in [3.05, 3.63) is 69.5 Å². The second-order valence-electron chi connectivity index (χ2n) is 12.9. The quantitative estimate of drug-likeness (QED) is 0.0953. The molecule has 17 nitrogen and oxygen atoms in total. The van der Waals surface area contributed by atoms with Crippen molar-refractivity contribution >= 4 is 11.8 Å². The summed E-state index contributed by atoms with van der Waals surface area (Å²) in [5.74, 6) is 1.57.